The Hall–Kier alpha value is -0.800. The van der Waals surface area contributed by atoms with Crippen molar-refractivity contribution >= 4 is 0 Å². The zero-order valence-electron chi connectivity index (χ0n) is 10.9. The predicted octanol–water partition coefficient (Wildman–Crippen LogP) is 3.06. The van der Waals surface area contributed by atoms with Crippen molar-refractivity contribution in [3.63, 3.8) is 0 Å². The van der Waals surface area contributed by atoms with Crippen LogP contribution in [-0.2, 0) is 11.2 Å². The number of hydrogen-bond donors (Lipinski definition) is 1. The van der Waals surface area contributed by atoms with Crippen molar-refractivity contribution in [3.05, 3.63) is 23.7 Å². The first-order chi connectivity index (χ1) is 8.35. The lowest BCUT2D eigenvalue weighted by Crippen LogP contribution is -2.19. The molecule has 0 amide bonds. The summed E-state index contributed by atoms with van der Waals surface area (Å²) in [5, 5.41) is 3.39. The Morgan fingerprint density at radius 2 is 2.41 bits per heavy atom. The molecule has 1 N–H and O–H groups in total. The van der Waals surface area contributed by atoms with Crippen molar-refractivity contribution in [3.8, 4) is 0 Å². The van der Waals surface area contributed by atoms with E-state index in [1.807, 2.05) is 7.05 Å². The van der Waals surface area contributed by atoms with E-state index in [9.17, 15) is 0 Å². The SMILES string of the molecule is CCc1occc1C(CCC1CCCO1)NC. The number of aryl methyl sites for hydroxylation is 1. The zero-order chi connectivity index (χ0) is 12.1. The third-order valence-corrected chi connectivity index (χ3v) is 3.63. The van der Waals surface area contributed by atoms with Crippen molar-refractivity contribution in [1.82, 2.24) is 5.32 Å². The molecule has 0 aromatic carbocycles. The lowest BCUT2D eigenvalue weighted by molar-refractivity contribution is 0.0998. The van der Waals surface area contributed by atoms with E-state index in [2.05, 4.69) is 18.3 Å². The molecule has 0 saturated carbocycles. The summed E-state index contributed by atoms with van der Waals surface area (Å²) in [6.45, 7) is 3.08. The third-order valence-electron chi connectivity index (χ3n) is 3.63. The molecule has 3 nitrogen and oxygen atoms in total. The average Bonchev–Trinajstić information content (AvgIpc) is 3.00. The normalized spacial score (nSPS) is 21.9. The van der Waals surface area contributed by atoms with Gasteiger partial charge < -0.3 is 14.5 Å². The first kappa shape index (κ1) is 12.7. The van der Waals surface area contributed by atoms with Gasteiger partial charge in [-0.3, -0.25) is 0 Å². The highest BCUT2D eigenvalue weighted by atomic mass is 16.5. The van der Waals surface area contributed by atoms with Crippen LogP contribution in [0.3, 0.4) is 0 Å². The second-order valence-corrected chi connectivity index (χ2v) is 4.71. The molecule has 2 unspecified atom stereocenters. The smallest absolute Gasteiger partial charge is 0.108 e. The lowest BCUT2D eigenvalue weighted by Gasteiger charge is -2.18. The van der Waals surface area contributed by atoms with Crippen LogP contribution in [0, 0.1) is 0 Å². The van der Waals surface area contributed by atoms with Crippen molar-refractivity contribution < 1.29 is 9.15 Å². The molecule has 0 radical (unpaired) electrons. The summed E-state index contributed by atoms with van der Waals surface area (Å²) in [5.41, 5.74) is 1.31. The Morgan fingerprint density at radius 1 is 1.53 bits per heavy atom. The molecule has 0 spiro atoms. The van der Waals surface area contributed by atoms with E-state index in [1.54, 1.807) is 6.26 Å². The first-order valence-corrected chi connectivity index (χ1v) is 6.70. The number of nitrogens with one attached hydrogen (secondary N) is 1. The van der Waals surface area contributed by atoms with Gasteiger partial charge in [0.1, 0.15) is 5.76 Å². The van der Waals surface area contributed by atoms with E-state index in [0.717, 1.165) is 31.6 Å². The van der Waals surface area contributed by atoms with Gasteiger partial charge in [0.15, 0.2) is 0 Å². The van der Waals surface area contributed by atoms with Crippen LogP contribution in [0.1, 0.15) is 50.0 Å². The Bertz CT molecular complexity index is 329. The molecule has 2 rings (SSSR count). The van der Waals surface area contributed by atoms with E-state index < -0.39 is 0 Å². The predicted molar refractivity (Wildman–Crippen MR) is 68.1 cm³/mol. The van der Waals surface area contributed by atoms with E-state index >= 15 is 0 Å². The summed E-state index contributed by atoms with van der Waals surface area (Å²) in [6.07, 6.45) is 7.93. The maximum atomic E-state index is 5.67. The minimum atomic E-state index is 0.396. The average molecular weight is 237 g/mol. The van der Waals surface area contributed by atoms with Crippen molar-refractivity contribution in [1.29, 1.82) is 0 Å². The fourth-order valence-electron chi connectivity index (χ4n) is 2.63. The standard InChI is InChI=1S/C14H23NO2/c1-3-14-12(8-10-17-14)13(15-2)7-6-11-5-4-9-16-11/h8,10-11,13,15H,3-7,9H2,1-2H3. The molecule has 1 fully saturated rings. The van der Waals surface area contributed by atoms with Crippen LogP contribution in [0.25, 0.3) is 0 Å². The number of rotatable bonds is 6. The minimum Gasteiger partial charge on any atom is -0.469 e. The Balaban J connectivity index is 1.91. The van der Waals surface area contributed by atoms with Crippen LogP contribution >= 0.6 is 0 Å². The van der Waals surface area contributed by atoms with Crippen LogP contribution in [0.2, 0.25) is 0 Å². The largest absolute Gasteiger partial charge is 0.469 e. The van der Waals surface area contributed by atoms with Crippen LogP contribution in [-0.4, -0.2) is 19.8 Å². The Kier molecular flexibility index (Phi) is 4.63. The summed E-state index contributed by atoms with van der Waals surface area (Å²) in [5.74, 6) is 1.11. The van der Waals surface area contributed by atoms with Gasteiger partial charge in [0.2, 0.25) is 0 Å². The van der Waals surface area contributed by atoms with Crippen LogP contribution in [0.15, 0.2) is 16.7 Å². The highest BCUT2D eigenvalue weighted by molar-refractivity contribution is 5.21. The van der Waals surface area contributed by atoms with E-state index in [0.29, 0.717) is 12.1 Å². The van der Waals surface area contributed by atoms with Crippen LogP contribution in [0.4, 0.5) is 0 Å². The van der Waals surface area contributed by atoms with Gasteiger partial charge >= 0.3 is 0 Å². The van der Waals surface area contributed by atoms with Gasteiger partial charge in [-0.1, -0.05) is 6.92 Å². The van der Waals surface area contributed by atoms with Gasteiger partial charge in [0.05, 0.1) is 12.4 Å². The lowest BCUT2D eigenvalue weighted by atomic mass is 9.99. The molecule has 1 aliphatic heterocycles. The van der Waals surface area contributed by atoms with Gasteiger partial charge in [-0.2, -0.15) is 0 Å². The molecule has 96 valence electrons. The summed E-state index contributed by atoms with van der Waals surface area (Å²) >= 11 is 0. The molecule has 3 heteroatoms. The maximum absolute atomic E-state index is 5.67. The molecule has 2 heterocycles. The molecular weight excluding hydrogens is 214 g/mol. The molecular formula is C14H23NO2. The third kappa shape index (κ3) is 3.11. The van der Waals surface area contributed by atoms with Gasteiger partial charge in [-0.05, 0) is 38.8 Å². The molecule has 0 aliphatic carbocycles. The number of furan rings is 1. The molecule has 2 atom stereocenters. The fraction of sp³-hybridized carbons (Fsp3) is 0.714. The number of ether oxygens (including phenoxy) is 1. The van der Waals surface area contributed by atoms with Crippen LogP contribution in [0.5, 0.6) is 0 Å². The molecule has 0 bridgehead atoms. The van der Waals surface area contributed by atoms with Gasteiger partial charge in [0, 0.05) is 24.6 Å². The summed E-state index contributed by atoms with van der Waals surface area (Å²) in [4.78, 5) is 0. The molecule has 1 saturated heterocycles. The molecule has 1 aromatic heterocycles. The van der Waals surface area contributed by atoms with Gasteiger partial charge in [0.25, 0.3) is 0 Å². The van der Waals surface area contributed by atoms with Gasteiger partial charge in [-0.25, -0.2) is 0 Å². The van der Waals surface area contributed by atoms with Gasteiger partial charge in [-0.15, -0.1) is 0 Å². The van der Waals surface area contributed by atoms with E-state index in [-0.39, 0.29) is 0 Å². The zero-order valence-corrected chi connectivity index (χ0v) is 10.9. The van der Waals surface area contributed by atoms with Crippen molar-refractivity contribution in [2.24, 2.45) is 0 Å². The minimum absolute atomic E-state index is 0.396. The topological polar surface area (TPSA) is 34.4 Å². The van der Waals surface area contributed by atoms with Crippen molar-refractivity contribution in [2.45, 2.75) is 51.2 Å². The summed E-state index contributed by atoms with van der Waals surface area (Å²) < 4.78 is 11.2. The Labute approximate surface area is 104 Å². The monoisotopic (exact) mass is 237 g/mol. The second-order valence-electron chi connectivity index (χ2n) is 4.71. The van der Waals surface area contributed by atoms with E-state index in [1.165, 1.54) is 18.4 Å². The summed E-state index contributed by atoms with van der Waals surface area (Å²) in [6, 6.07) is 2.49. The highest BCUT2D eigenvalue weighted by Gasteiger charge is 2.20. The van der Waals surface area contributed by atoms with Crippen molar-refractivity contribution in [2.75, 3.05) is 13.7 Å². The highest BCUT2D eigenvalue weighted by Crippen LogP contribution is 2.26. The number of hydrogen-bond acceptors (Lipinski definition) is 3. The molecule has 1 aromatic rings. The molecule has 1 aliphatic rings. The quantitative estimate of drug-likeness (QED) is 0.825. The molecule has 17 heavy (non-hydrogen) atoms. The van der Waals surface area contributed by atoms with Crippen LogP contribution < -0.4 is 5.32 Å². The Morgan fingerprint density at radius 3 is 3.06 bits per heavy atom. The maximum Gasteiger partial charge on any atom is 0.108 e. The summed E-state index contributed by atoms with van der Waals surface area (Å²) in [7, 11) is 2.02. The van der Waals surface area contributed by atoms with E-state index in [4.69, 9.17) is 9.15 Å². The first-order valence-electron chi connectivity index (χ1n) is 6.70. The fourth-order valence-corrected chi connectivity index (χ4v) is 2.63. The second kappa shape index (κ2) is 6.22.